The molecule has 0 saturated heterocycles. The van der Waals surface area contributed by atoms with Crippen molar-refractivity contribution in [3.63, 3.8) is 0 Å². The maximum Gasteiger partial charge on any atom is 0.189 e. The number of rotatable bonds is 13. The Hall–Kier alpha value is -5.04. The lowest BCUT2D eigenvalue weighted by molar-refractivity contribution is -0.114. The molecule has 73 heavy (non-hydrogen) atoms. The number of guanidine groups is 1. The van der Waals surface area contributed by atoms with Crippen LogP contribution < -0.4 is 15.8 Å². The van der Waals surface area contributed by atoms with E-state index in [1.54, 1.807) is 6.08 Å². The first-order valence-corrected chi connectivity index (χ1v) is 28.8. The second-order valence-electron chi connectivity index (χ2n) is 23.5. The number of carbonyl (C=O) groups is 1. The average molecular weight is 990 g/mol. The van der Waals surface area contributed by atoms with Crippen LogP contribution in [0.2, 0.25) is 0 Å². The Labute approximate surface area is 435 Å². The normalized spacial score (nSPS) is 27.5. The molecule has 7 aliphatic rings. The summed E-state index contributed by atoms with van der Waals surface area (Å²) in [4.78, 5) is 19.3. The fraction of sp³-hybridized carbons (Fsp3) is 0.594. The molecular formula is C64H83N3O6. The van der Waals surface area contributed by atoms with E-state index in [0.717, 1.165) is 118 Å². The number of nitrogens with one attached hydrogen (secondary N) is 1. The molecule has 8 atom stereocenters. The monoisotopic (exact) mass is 990 g/mol. The summed E-state index contributed by atoms with van der Waals surface area (Å²) in [5.74, 6) is 9.23. The zero-order valence-electron chi connectivity index (χ0n) is 43.9. The van der Waals surface area contributed by atoms with Crippen LogP contribution in [0.25, 0.3) is 0 Å². The molecule has 8 bridgehead atoms. The fourth-order valence-electron chi connectivity index (χ4n) is 14.6. The van der Waals surface area contributed by atoms with Gasteiger partial charge >= 0.3 is 0 Å². The van der Waals surface area contributed by atoms with E-state index in [0.29, 0.717) is 55.7 Å². The van der Waals surface area contributed by atoms with E-state index in [9.17, 15) is 20.1 Å². The third-order valence-corrected chi connectivity index (χ3v) is 18.4. The van der Waals surface area contributed by atoms with Gasteiger partial charge in [-0.1, -0.05) is 112 Å². The number of phenolic OH excluding ortho intramolecular Hbond substituents is 2. The summed E-state index contributed by atoms with van der Waals surface area (Å²) in [5, 5.41) is 38.4. The number of fused-ring (bicyclic) bond motifs is 11. The molecule has 1 aliphatic heterocycles. The highest BCUT2D eigenvalue weighted by Crippen LogP contribution is 2.60. The van der Waals surface area contributed by atoms with Crippen LogP contribution in [-0.4, -0.2) is 58.5 Å². The molecule has 8 unspecified atom stereocenters. The molecule has 3 aromatic rings. The molecule has 1 heterocycles. The average Bonchev–Trinajstić information content (AvgIpc) is 3.90. The van der Waals surface area contributed by atoms with Gasteiger partial charge in [-0.15, -0.1) is 0 Å². The maximum absolute atomic E-state index is 13.8. The molecule has 0 radical (unpaired) electrons. The van der Waals surface area contributed by atoms with Crippen LogP contribution >= 0.6 is 0 Å². The molecule has 0 aromatic heterocycles. The molecule has 10 rings (SSSR count). The van der Waals surface area contributed by atoms with Crippen LogP contribution in [0.1, 0.15) is 199 Å². The first-order chi connectivity index (χ1) is 35.6. The lowest BCUT2D eigenvalue weighted by Gasteiger charge is -2.50. The predicted molar refractivity (Wildman–Crippen MR) is 291 cm³/mol. The van der Waals surface area contributed by atoms with E-state index < -0.39 is 0 Å². The summed E-state index contributed by atoms with van der Waals surface area (Å²) in [7, 11) is 0. The molecular weight excluding hydrogens is 907 g/mol. The van der Waals surface area contributed by atoms with E-state index in [2.05, 4.69) is 67.4 Å². The number of ether oxygens (including phenoxy) is 2. The Morgan fingerprint density at radius 2 is 1.73 bits per heavy atom. The number of phenols is 2. The van der Waals surface area contributed by atoms with Crippen LogP contribution in [0.5, 0.6) is 17.2 Å². The van der Waals surface area contributed by atoms with Crippen molar-refractivity contribution in [2.45, 2.75) is 197 Å². The summed E-state index contributed by atoms with van der Waals surface area (Å²) < 4.78 is 14.1. The molecule has 0 amide bonds. The van der Waals surface area contributed by atoms with Crippen molar-refractivity contribution in [3.05, 3.63) is 111 Å². The standard InChI is InChI=1S/C64H83N3O6/c1-3-42(26-29-68)22-24-50(69)25-23-45-39-59(73-53-19-8-9-20-53)62(71)61-54(45)21-13-16-49-36-47-38-56-55(30-41(2)31-57(56)60(61)58(47)40-72-52-17-6-4-7-18-52)46-33-44(35-51(70)37-46)32-43-14-12-15-48(34-43)64(67-63(65)66-49)27-10-5-11-28-64/h12,14-15,22,24,33-35,37-39,41-42,47,49,52-53,55,57-58,60,68,70-71H,3-11,16-20,23,25-32,36,40H2,1-2H3,(H3,65,66,67). The van der Waals surface area contributed by atoms with Crippen molar-refractivity contribution >= 4 is 11.7 Å². The minimum atomic E-state index is -0.361. The Morgan fingerprint density at radius 1 is 0.945 bits per heavy atom. The zero-order chi connectivity index (χ0) is 50.5. The fourth-order valence-corrected chi connectivity index (χ4v) is 14.6. The van der Waals surface area contributed by atoms with E-state index in [4.69, 9.17) is 20.2 Å². The number of nitrogens with two attached hydrogens (primary N) is 1. The van der Waals surface area contributed by atoms with Gasteiger partial charge in [-0.3, -0.25) is 4.79 Å². The first kappa shape index (κ1) is 51.4. The van der Waals surface area contributed by atoms with Crippen LogP contribution in [0, 0.1) is 41.4 Å². The number of hydrogen-bond acceptors (Lipinski definition) is 9. The number of aromatic hydroxyl groups is 2. The van der Waals surface area contributed by atoms with Gasteiger partial charge in [0.15, 0.2) is 23.2 Å². The van der Waals surface area contributed by atoms with Gasteiger partial charge in [0.05, 0.1) is 30.4 Å². The summed E-state index contributed by atoms with van der Waals surface area (Å²) >= 11 is 0. The van der Waals surface area contributed by atoms with Crippen LogP contribution in [-0.2, 0) is 27.9 Å². The van der Waals surface area contributed by atoms with Crippen LogP contribution in [0.4, 0.5) is 0 Å². The van der Waals surface area contributed by atoms with Gasteiger partial charge in [0.1, 0.15) is 5.75 Å². The Kier molecular flexibility index (Phi) is 16.4. The van der Waals surface area contributed by atoms with Crippen LogP contribution in [0.3, 0.4) is 0 Å². The number of aliphatic imine (C=N–C) groups is 1. The van der Waals surface area contributed by atoms with E-state index in [1.165, 1.54) is 42.4 Å². The highest BCUT2D eigenvalue weighted by atomic mass is 16.5. The molecule has 1 spiro atoms. The molecule has 6 N–H and O–H groups in total. The summed E-state index contributed by atoms with van der Waals surface area (Å²) in [6, 6.07) is 17.1. The van der Waals surface area contributed by atoms with Crippen molar-refractivity contribution in [1.29, 1.82) is 0 Å². The van der Waals surface area contributed by atoms with E-state index >= 15 is 0 Å². The van der Waals surface area contributed by atoms with Crippen molar-refractivity contribution in [2.24, 2.45) is 40.3 Å². The second kappa shape index (κ2) is 23.2. The molecule has 390 valence electrons. The molecule has 9 nitrogen and oxygen atoms in total. The number of benzene rings is 3. The van der Waals surface area contributed by atoms with Gasteiger partial charge < -0.3 is 35.8 Å². The number of aliphatic hydroxyl groups is 1. The molecule has 4 saturated carbocycles. The summed E-state index contributed by atoms with van der Waals surface area (Å²) in [6.45, 7) is 5.10. The SMILES string of the molecule is CCC(C=CC(=O)CCc1cc(OC2CCCC2)c(O)c2c1C#CCC1CC3C=C4C(CC(C)CC4C2C3COC2CCCCC2)c2cc(O)cc(c2)Cc2cccc(c2)C2(CCCCC2)NC(N)=N1)CCO. The number of carbonyl (C=O) groups excluding carboxylic acids is 1. The number of ketones is 1. The molecule has 4 fully saturated rings. The lowest BCUT2D eigenvalue weighted by atomic mass is 9.55. The minimum Gasteiger partial charge on any atom is -0.508 e. The van der Waals surface area contributed by atoms with Gasteiger partial charge in [-0.05, 0) is 178 Å². The van der Waals surface area contributed by atoms with Gasteiger partial charge in [-0.25, -0.2) is 4.99 Å². The quantitative estimate of drug-likeness (QED) is 0.0646. The Balaban J connectivity index is 1.18. The number of aryl methyl sites for hydroxylation is 1. The van der Waals surface area contributed by atoms with Crippen molar-refractivity contribution < 1.29 is 29.6 Å². The van der Waals surface area contributed by atoms with Crippen LogP contribution in [0.15, 0.2) is 77.3 Å². The van der Waals surface area contributed by atoms with Gasteiger partial charge in [0.2, 0.25) is 0 Å². The predicted octanol–water partition coefficient (Wildman–Crippen LogP) is 12.5. The third-order valence-electron chi connectivity index (χ3n) is 18.4. The minimum absolute atomic E-state index is 0.00653. The molecule has 3 aromatic carbocycles. The van der Waals surface area contributed by atoms with Gasteiger partial charge in [0.25, 0.3) is 0 Å². The van der Waals surface area contributed by atoms with Gasteiger partial charge in [-0.2, -0.15) is 0 Å². The van der Waals surface area contributed by atoms with Crippen molar-refractivity contribution in [3.8, 4) is 29.1 Å². The highest BCUT2D eigenvalue weighted by molar-refractivity contribution is 5.90. The number of allylic oxidation sites excluding steroid dienone is 4. The zero-order valence-corrected chi connectivity index (χ0v) is 43.9. The van der Waals surface area contributed by atoms with E-state index in [-0.39, 0.29) is 83.9 Å². The number of nitrogens with zero attached hydrogens (tertiary/aromatic N) is 1. The highest BCUT2D eigenvalue weighted by Gasteiger charge is 2.49. The number of aliphatic hydroxyl groups excluding tert-OH is 1. The topological polar surface area (TPSA) is 147 Å². The number of hydrogen-bond donors (Lipinski definition) is 5. The largest absolute Gasteiger partial charge is 0.508 e. The van der Waals surface area contributed by atoms with Gasteiger partial charge in [0, 0.05) is 42.4 Å². The summed E-state index contributed by atoms with van der Waals surface area (Å²) in [6.07, 6.45) is 27.5. The smallest absolute Gasteiger partial charge is 0.189 e. The molecule has 9 heteroatoms. The maximum atomic E-state index is 13.8. The third kappa shape index (κ3) is 11.8. The van der Waals surface area contributed by atoms with Crippen molar-refractivity contribution in [2.75, 3.05) is 13.2 Å². The first-order valence-electron chi connectivity index (χ1n) is 28.8. The Morgan fingerprint density at radius 3 is 2.52 bits per heavy atom. The summed E-state index contributed by atoms with van der Waals surface area (Å²) in [5.41, 5.74) is 15.5. The van der Waals surface area contributed by atoms with E-state index in [1.807, 2.05) is 24.3 Å². The second-order valence-corrected chi connectivity index (χ2v) is 23.5. The van der Waals surface area contributed by atoms with Crippen molar-refractivity contribution in [1.82, 2.24) is 5.32 Å². The Bertz CT molecular complexity index is 2590. The molecule has 6 aliphatic carbocycles. The lowest BCUT2D eigenvalue weighted by Crippen LogP contribution is -2.50.